The lowest BCUT2D eigenvalue weighted by molar-refractivity contribution is -0.151. The maximum atomic E-state index is 13.1. The van der Waals surface area contributed by atoms with Crippen LogP contribution >= 0.6 is 0 Å². The van der Waals surface area contributed by atoms with Gasteiger partial charge in [-0.15, -0.1) is 0 Å². The summed E-state index contributed by atoms with van der Waals surface area (Å²) < 4.78 is 11.6. The van der Waals surface area contributed by atoms with Crippen LogP contribution in [0.1, 0.15) is 89.1 Å². The highest BCUT2D eigenvalue weighted by Gasteiger charge is 2.24. The van der Waals surface area contributed by atoms with E-state index < -0.39 is 24.3 Å². The van der Waals surface area contributed by atoms with Crippen molar-refractivity contribution in [3.05, 3.63) is 77.4 Å². The summed E-state index contributed by atoms with van der Waals surface area (Å²) in [7, 11) is 0. The highest BCUT2D eigenvalue weighted by atomic mass is 16.5. The van der Waals surface area contributed by atoms with Crippen LogP contribution in [0.25, 0.3) is 6.08 Å². The second-order valence-corrected chi connectivity index (χ2v) is 11.4. The van der Waals surface area contributed by atoms with Crippen molar-refractivity contribution >= 4 is 18.0 Å². The number of benzene rings is 1. The van der Waals surface area contributed by atoms with Gasteiger partial charge >= 0.3 is 11.9 Å². The highest BCUT2D eigenvalue weighted by molar-refractivity contribution is 5.90. The van der Waals surface area contributed by atoms with Crippen molar-refractivity contribution in [3.63, 3.8) is 0 Å². The first-order valence-corrected chi connectivity index (χ1v) is 14.7. The number of ether oxygens (including phenoxy) is 2. The molecule has 0 amide bonds. The van der Waals surface area contributed by atoms with Crippen LogP contribution in [0.2, 0.25) is 0 Å². The molecule has 6 atom stereocenters. The Balaban J connectivity index is 2.01. The largest absolute Gasteiger partial charge is 0.462 e. The van der Waals surface area contributed by atoms with Crippen LogP contribution in [0.4, 0.5) is 0 Å². The Morgan fingerprint density at radius 3 is 2.56 bits per heavy atom. The number of rotatable bonds is 10. The fraction of sp³-hybridized carbons (Fsp3) is 0.529. The van der Waals surface area contributed by atoms with Gasteiger partial charge in [0.15, 0.2) is 0 Å². The molecule has 0 saturated heterocycles. The Hall–Kier alpha value is -3.00. The lowest BCUT2D eigenvalue weighted by atomic mass is 9.94. The SMILES string of the molecule is CC(/C=C/C=C/c1cccc(C(=O)O[C@H]2CCCC(=O)O[C@@H](C(C)C)C/C=C/C[C@@H]2C)c1)=C\[C@H](O)[C@@H](O)C[C@H](C)O. The van der Waals surface area contributed by atoms with E-state index >= 15 is 0 Å². The maximum Gasteiger partial charge on any atom is 0.338 e. The molecule has 7 nitrogen and oxygen atoms in total. The van der Waals surface area contributed by atoms with Gasteiger partial charge in [-0.2, -0.15) is 0 Å². The zero-order valence-electron chi connectivity index (χ0n) is 25.1. The molecule has 0 aliphatic carbocycles. The van der Waals surface area contributed by atoms with E-state index in [1.807, 2.05) is 25.1 Å². The number of carbonyl (C=O) groups excluding carboxylic acids is 2. The van der Waals surface area contributed by atoms with Gasteiger partial charge in [-0.1, -0.05) is 81.0 Å². The van der Waals surface area contributed by atoms with E-state index in [0.29, 0.717) is 31.2 Å². The molecule has 1 aromatic carbocycles. The average molecular weight is 569 g/mol. The van der Waals surface area contributed by atoms with E-state index in [-0.39, 0.29) is 36.4 Å². The van der Waals surface area contributed by atoms with E-state index in [1.54, 1.807) is 43.4 Å². The molecule has 0 spiro atoms. The molecule has 1 aliphatic rings. The van der Waals surface area contributed by atoms with Crippen LogP contribution < -0.4 is 0 Å². The summed E-state index contributed by atoms with van der Waals surface area (Å²) in [6, 6.07) is 7.19. The summed E-state index contributed by atoms with van der Waals surface area (Å²) in [5.74, 6) is -0.241. The van der Waals surface area contributed by atoms with Gasteiger partial charge in [0.25, 0.3) is 0 Å². The van der Waals surface area contributed by atoms with Crippen molar-refractivity contribution in [2.24, 2.45) is 11.8 Å². The molecule has 226 valence electrons. The lowest BCUT2D eigenvalue weighted by Crippen LogP contribution is -2.27. The molecule has 0 saturated carbocycles. The van der Waals surface area contributed by atoms with Crippen molar-refractivity contribution < 1.29 is 34.4 Å². The Morgan fingerprint density at radius 2 is 1.85 bits per heavy atom. The summed E-state index contributed by atoms with van der Waals surface area (Å²) in [5, 5.41) is 29.3. The van der Waals surface area contributed by atoms with Gasteiger partial charge in [0, 0.05) is 19.3 Å². The molecule has 0 unspecified atom stereocenters. The second-order valence-electron chi connectivity index (χ2n) is 11.4. The minimum Gasteiger partial charge on any atom is -0.462 e. The topological polar surface area (TPSA) is 113 Å². The summed E-state index contributed by atoms with van der Waals surface area (Å²) in [6.07, 6.45) is 12.8. The summed E-state index contributed by atoms with van der Waals surface area (Å²) in [6.45, 7) is 9.55. The molecule has 3 N–H and O–H groups in total. The molecule has 0 bridgehead atoms. The number of hydrogen-bond acceptors (Lipinski definition) is 7. The number of cyclic esters (lactones) is 1. The first kappa shape index (κ1) is 34.2. The lowest BCUT2D eigenvalue weighted by Gasteiger charge is -2.25. The highest BCUT2D eigenvalue weighted by Crippen LogP contribution is 2.23. The monoisotopic (exact) mass is 568 g/mol. The van der Waals surface area contributed by atoms with Crippen molar-refractivity contribution in [2.75, 3.05) is 0 Å². The molecule has 0 fully saturated rings. The number of carbonyl (C=O) groups is 2. The van der Waals surface area contributed by atoms with Gasteiger partial charge in [0.1, 0.15) is 12.2 Å². The first-order chi connectivity index (χ1) is 19.5. The van der Waals surface area contributed by atoms with E-state index in [0.717, 1.165) is 17.6 Å². The predicted molar refractivity (Wildman–Crippen MR) is 162 cm³/mol. The van der Waals surface area contributed by atoms with Crippen molar-refractivity contribution in [1.82, 2.24) is 0 Å². The molecule has 0 aromatic heterocycles. The summed E-state index contributed by atoms with van der Waals surface area (Å²) in [5.41, 5.74) is 2.05. The number of aliphatic hydroxyl groups excluding tert-OH is 3. The average Bonchev–Trinajstić information content (AvgIpc) is 2.91. The van der Waals surface area contributed by atoms with Crippen LogP contribution in [0, 0.1) is 11.8 Å². The Labute approximate surface area is 245 Å². The standard InChI is InChI=1S/C34H48O7/c1-23(2)31-17-9-7-13-25(4)32(18-11-19-33(38)40-31)41-34(39)28-16-10-15-27(22-28)14-8-6-12-24(3)20-29(36)30(37)21-26(5)35/h6-10,12,14-16,20,22-23,25-26,29-32,35-37H,11,13,17-19,21H2,1-5H3/b9-7+,12-6+,14-8+,24-20+/t25-,26-,29-,30-,31+,32-/m0/s1. The number of allylic oxidation sites excluding steroid dienone is 5. The zero-order valence-corrected chi connectivity index (χ0v) is 25.1. The third-order valence-corrected chi connectivity index (χ3v) is 7.12. The Bertz CT molecular complexity index is 1080. The molecule has 1 heterocycles. The normalized spacial score (nSPS) is 24.4. The van der Waals surface area contributed by atoms with Crippen molar-refractivity contribution in [3.8, 4) is 0 Å². The third kappa shape index (κ3) is 13.0. The quantitative estimate of drug-likeness (QED) is 0.182. The molecule has 41 heavy (non-hydrogen) atoms. The number of aliphatic hydroxyl groups is 3. The van der Waals surface area contributed by atoms with Gasteiger partial charge in [0.05, 0.1) is 23.9 Å². The fourth-order valence-corrected chi connectivity index (χ4v) is 4.56. The van der Waals surface area contributed by atoms with Crippen molar-refractivity contribution in [2.45, 2.75) is 104 Å². The van der Waals surface area contributed by atoms with Crippen LogP contribution in [0.3, 0.4) is 0 Å². The molecular weight excluding hydrogens is 520 g/mol. The van der Waals surface area contributed by atoms with E-state index in [1.165, 1.54) is 0 Å². The molecule has 7 heteroatoms. The Kier molecular flexibility index (Phi) is 14.8. The summed E-state index contributed by atoms with van der Waals surface area (Å²) >= 11 is 0. The van der Waals surface area contributed by atoms with Crippen LogP contribution in [-0.2, 0) is 14.3 Å². The van der Waals surface area contributed by atoms with Gasteiger partial charge in [-0.25, -0.2) is 4.79 Å². The van der Waals surface area contributed by atoms with Gasteiger partial charge in [-0.05, 0) is 62.6 Å². The second kappa shape index (κ2) is 17.7. The minimum absolute atomic E-state index is 0.0947. The van der Waals surface area contributed by atoms with Crippen molar-refractivity contribution in [1.29, 1.82) is 0 Å². The smallest absolute Gasteiger partial charge is 0.338 e. The van der Waals surface area contributed by atoms with E-state index in [4.69, 9.17) is 9.47 Å². The summed E-state index contributed by atoms with van der Waals surface area (Å²) in [4.78, 5) is 25.4. The molecule has 0 radical (unpaired) electrons. The predicted octanol–water partition coefficient (Wildman–Crippen LogP) is 5.94. The fourth-order valence-electron chi connectivity index (χ4n) is 4.56. The Morgan fingerprint density at radius 1 is 1.12 bits per heavy atom. The zero-order chi connectivity index (χ0) is 30.4. The molecule has 1 aliphatic heterocycles. The number of esters is 2. The minimum atomic E-state index is -1.06. The number of hydrogen-bond donors (Lipinski definition) is 3. The van der Waals surface area contributed by atoms with Gasteiger partial charge < -0.3 is 24.8 Å². The third-order valence-electron chi connectivity index (χ3n) is 7.12. The molecule has 2 rings (SSSR count). The van der Waals surface area contributed by atoms with Crippen LogP contribution in [-0.4, -0.2) is 57.8 Å². The molecular formula is C34H48O7. The van der Waals surface area contributed by atoms with Gasteiger partial charge in [-0.3, -0.25) is 4.79 Å². The van der Waals surface area contributed by atoms with Gasteiger partial charge in [0.2, 0.25) is 0 Å². The molecule has 1 aromatic rings. The van der Waals surface area contributed by atoms with Crippen LogP contribution in [0.15, 0.2) is 66.3 Å². The first-order valence-electron chi connectivity index (χ1n) is 14.7. The van der Waals surface area contributed by atoms with Crippen LogP contribution in [0.5, 0.6) is 0 Å². The maximum absolute atomic E-state index is 13.1. The van der Waals surface area contributed by atoms with E-state index in [2.05, 4.69) is 32.9 Å². The van der Waals surface area contributed by atoms with E-state index in [9.17, 15) is 24.9 Å².